The molecule has 2 rings (SSSR count). The number of hydrogen-bond acceptors (Lipinski definition) is 3. The monoisotopic (exact) mass is 412 g/mol. The summed E-state index contributed by atoms with van der Waals surface area (Å²) in [5.41, 5.74) is -2.83. The number of halogens is 6. The van der Waals surface area contributed by atoms with Crippen LogP contribution in [0.3, 0.4) is 0 Å². The van der Waals surface area contributed by atoms with Crippen molar-refractivity contribution in [1.29, 1.82) is 0 Å². The minimum absolute atomic E-state index is 0.0238. The molecular weight excluding hydrogens is 403 g/mol. The van der Waals surface area contributed by atoms with Gasteiger partial charge in [0.2, 0.25) is 5.91 Å². The number of thioether (sulfide) groups is 1. The fourth-order valence-electron chi connectivity index (χ4n) is 2.04. The third-order valence-corrected chi connectivity index (χ3v) is 4.37. The van der Waals surface area contributed by atoms with Gasteiger partial charge in [0.05, 0.1) is 15.6 Å². The molecule has 0 unspecified atom stereocenters. The fourth-order valence-corrected chi connectivity index (χ4v) is 2.95. The number of benzene rings is 1. The van der Waals surface area contributed by atoms with Gasteiger partial charge in [0.1, 0.15) is 12.1 Å². The molecule has 2 aromatic rings. The third kappa shape index (κ3) is 4.98. The summed E-state index contributed by atoms with van der Waals surface area (Å²) in [5.74, 6) is -3.67. The number of carbonyl (C=O) groups is 1. The molecule has 1 aromatic carbocycles. The van der Waals surface area contributed by atoms with Gasteiger partial charge in [-0.2, -0.15) is 22.0 Å². The van der Waals surface area contributed by atoms with Crippen molar-refractivity contribution in [2.24, 2.45) is 0 Å². The maximum atomic E-state index is 12.7. The number of carbonyl (C=O) groups excluding carboxylic acids is 1. The average molecular weight is 413 g/mol. The summed E-state index contributed by atoms with van der Waals surface area (Å²) < 4.78 is 64.0. The van der Waals surface area contributed by atoms with Gasteiger partial charge in [-0.05, 0) is 24.3 Å². The van der Waals surface area contributed by atoms with E-state index >= 15 is 0 Å². The van der Waals surface area contributed by atoms with Crippen LogP contribution >= 0.6 is 23.4 Å². The van der Waals surface area contributed by atoms with Crippen LogP contribution in [0.1, 0.15) is 5.56 Å². The normalized spacial score (nSPS) is 11.7. The van der Waals surface area contributed by atoms with Crippen LogP contribution in [0, 0.1) is 0 Å². The lowest BCUT2D eigenvalue weighted by atomic mass is 10.2. The zero-order chi connectivity index (χ0) is 19.5. The highest BCUT2D eigenvalue weighted by Gasteiger charge is 2.34. The summed E-state index contributed by atoms with van der Waals surface area (Å²) >= 11 is 5.94. The summed E-state index contributed by atoms with van der Waals surface area (Å²) in [6.07, 6.45) is -3.84. The summed E-state index contributed by atoms with van der Waals surface area (Å²) in [4.78, 5) is 23.8. The standard InChI is InChI=1S/C15H10ClF5N2O2S/c16-9-4-1-5-10(12(9)26-14(17)18)22-11(24)7-23-6-2-3-8(13(23)25)15(19,20)21/h1-6,14H,7H2,(H,22,24). The molecule has 0 bridgehead atoms. The first kappa shape index (κ1) is 20.2. The molecule has 0 aliphatic carbocycles. The van der Waals surface area contributed by atoms with E-state index in [0.29, 0.717) is 10.6 Å². The van der Waals surface area contributed by atoms with Crippen LogP contribution < -0.4 is 10.9 Å². The minimum Gasteiger partial charge on any atom is -0.323 e. The highest BCUT2D eigenvalue weighted by atomic mass is 35.5. The van der Waals surface area contributed by atoms with Crippen molar-refractivity contribution in [2.45, 2.75) is 23.4 Å². The van der Waals surface area contributed by atoms with E-state index in [9.17, 15) is 31.5 Å². The lowest BCUT2D eigenvalue weighted by Gasteiger charge is -2.13. The lowest BCUT2D eigenvalue weighted by Crippen LogP contribution is -2.32. The Hall–Kier alpha value is -2.07. The number of amides is 1. The Bertz CT molecular complexity index is 870. The smallest absolute Gasteiger partial charge is 0.323 e. The van der Waals surface area contributed by atoms with Crippen molar-refractivity contribution >= 4 is 35.0 Å². The molecule has 0 radical (unpaired) electrons. The van der Waals surface area contributed by atoms with Crippen molar-refractivity contribution < 1.29 is 26.7 Å². The lowest BCUT2D eigenvalue weighted by molar-refractivity contribution is -0.139. The van der Waals surface area contributed by atoms with Gasteiger partial charge in [0.25, 0.3) is 11.3 Å². The number of alkyl halides is 5. The van der Waals surface area contributed by atoms with Crippen LogP contribution in [0.25, 0.3) is 0 Å². The molecule has 0 aliphatic heterocycles. The van der Waals surface area contributed by atoms with Crippen LogP contribution in [-0.4, -0.2) is 16.2 Å². The van der Waals surface area contributed by atoms with Crippen LogP contribution in [0.2, 0.25) is 5.02 Å². The highest BCUT2D eigenvalue weighted by molar-refractivity contribution is 7.99. The Morgan fingerprint density at radius 3 is 2.54 bits per heavy atom. The van der Waals surface area contributed by atoms with Crippen molar-refractivity contribution in [3.05, 3.63) is 57.5 Å². The Kier molecular flexibility index (Phi) is 6.30. The van der Waals surface area contributed by atoms with Gasteiger partial charge in [-0.15, -0.1) is 0 Å². The quantitative estimate of drug-likeness (QED) is 0.582. The first-order valence-electron chi connectivity index (χ1n) is 6.89. The molecule has 4 nitrogen and oxygen atoms in total. The van der Waals surface area contributed by atoms with Gasteiger partial charge >= 0.3 is 6.18 Å². The molecule has 1 N–H and O–H groups in total. The van der Waals surface area contributed by atoms with Crippen LogP contribution in [-0.2, 0) is 17.5 Å². The summed E-state index contributed by atoms with van der Waals surface area (Å²) in [6, 6.07) is 5.65. The fraction of sp³-hybridized carbons (Fsp3) is 0.200. The molecular formula is C15H10ClF5N2O2S. The van der Waals surface area contributed by atoms with Crippen LogP contribution in [0.5, 0.6) is 0 Å². The SMILES string of the molecule is O=C(Cn1cccc(C(F)(F)F)c1=O)Nc1cccc(Cl)c1SC(F)F. The maximum Gasteiger partial charge on any atom is 0.421 e. The number of pyridine rings is 1. The van der Waals surface area contributed by atoms with E-state index in [1.54, 1.807) is 0 Å². The number of rotatable bonds is 5. The van der Waals surface area contributed by atoms with Crippen molar-refractivity contribution in [3.8, 4) is 0 Å². The van der Waals surface area contributed by atoms with Gasteiger partial charge in [-0.25, -0.2) is 0 Å². The molecule has 1 heterocycles. The predicted molar refractivity (Wildman–Crippen MR) is 87.6 cm³/mol. The van der Waals surface area contributed by atoms with Gasteiger partial charge in [0.15, 0.2) is 0 Å². The number of hydrogen-bond donors (Lipinski definition) is 1. The number of aromatic nitrogens is 1. The van der Waals surface area contributed by atoms with Crippen molar-refractivity contribution in [1.82, 2.24) is 4.57 Å². The highest BCUT2D eigenvalue weighted by Crippen LogP contribution is 2.37. The van der Waals surface area contributed by atoms with Crippen molar-refractivity contribution in [3.63, 3.8) is 0 Å². The Labute approximate surface area is 153 Å². The molecule has 0 spiro atoms. The van der Waals surface area contributed by atoms with E-state index in [-0.39, 0.29) is 27.4 Å². The second kappa shape index (κ2) is 8.09. The topological polar surface area (TPSA) is 51.1 Å². The van der Waals surface area contributed by atoms with E-state index in [0.717, 1.165) is 12.3 Å². The largest absolute Gasteiger partial charge is 0.421 e. The molecule has 1 aromatic heterocycles. The predicted octanol–water partition coefficient (Wildman–Crippen LogP) is 4.47. The third-order valence-electron chi connectivity index (χ3n) is 3.09. The van der Waals surface area contributed by atoms with Crippen LogP contribution in [0.4, 0.5) is 27.6 Å². The number of nitrogens with one attached hydrogen (secondary N) is 1. The van der Waals surface area contributed by atoms with E-state index in [1.807, 2.05) is 0 Å². The zero-order valence-corrected chi connectivity index (χ0v) is 14.3. The molecule has 140 valence electrons. The average Bonchev–Trinajstić information content (AvgIpc) is 2.51. The zero-order valence-electron chi connectivity index (χ0n) is 12.7. The molecule has 0 fully saturated rings. The van der Waals surface area contributed by atoms with Gasteiger partial charge < -0.3 is 9.88 Å². The van der Waals surface area contributed by atoms with E-state index in [2.05, 4.69) is 5.32 Å². The van der Waals surface area contributed by atoms with Gasteiger partial charge in [0, 0.05) is 6.20 Å². The van der Waals surface area contributed by atoms with Crippen molar-refractivity contribution in [2.75, 3.05) is 5.32 Å². The van der Waals surface area contributed by atoms with E-state index in [1.165, 1.54) is 18.2 Å². The Morgan fingerprint density at radius 2 is 1.92 bits per heavy atom. The van der Waals surface area contributed by atoms with Gasteiger partial charge in [-0.3, -0.25) is 9.59 Å². The summed E-state index contributed by atoms with van der Waals surface area (Å²) in [6.45, 7) is -0.728. The molecule has 11 heteroatoms. The Morgan fingerprint density at radius 1 is 1.23 bits per heavy atom. The first-order valence-corrected chi connectivity index (χ1v) is 8.15. The number of anilines is 1. The minimum atomic E-state index is -4.86. The van der Waals surface area contributed by atoms with E-state index in [4.69, 9.17) is 11.6 Å². The first-order chi connectivity index (χ1) is 12.1. The molecule has 0 saturated carbocycles. The summed E-state index contributed by atoms with van der Waals surface area (Å²) in [7, 11) is 0. The Balaban J connectivity index is 2.23. The van der Waals surface area contributed by atoms with Crippen LogP contribution in [0.15, 0.2) is 46.2 Å². The second-order valence-electron chi connectivity index (χ2n) is 4.90. The number of nitrogens with zero attached hydrogens (tertiary/aromatic N) is 1. The maximum absolute atomic E-state index is 12.7. The molecule has 0 atom stereocenters. The van der Waals surface area contributed by atoms with E-state index < -0.39 is 35.5 Å². The molecule has 26 heavy (non-hydrogen) atoms. The molecule has 0 aliphatic rings. The molecule has 0 saturated heterocycles. The summed E-state index contributed by atoms with van der Waals surface area (Å²) in [5, 5.41) is 2.25. The second-order valence-corrected chi connectivity index (χ2v) is 6.30. The van der Waals surface area contributed by atoms with Gasteiger partial charge in [-0.1, -0.05) is 29.4 Å². The molecule has 1 amide bonds.